The number of aromatic nitrogens is 2. The number of nitrogens with one attached hydrogen (secondary N) is 2. The summed E-state index contributed by atoms with van der Waals surface area (Å²) in [7, 11) is 1.92. The molecule has 23 heavy (non-hydrogen) atoms. The molecule has 0 fully saturated rings. The summed E-state index contributed by atoms with van der Waals surface area (Å²) in [6, 6.07) is 18.5. The number of rotatable bonds is 5. The van der Waals surface area contributed by atoms with Crippen molar-refractivity contribution in [1.29, 1.82) is 0 Å². The van der Waals surface area contributed by atoms with E-state index in [0.29, 0.717) is 0 Å². The molecule has 0 saturated carbocycles. The Balaban J connectivity index is 1.80. The molecule has 1 heterocycles. The van der Waals surface area contributed by atoms with Crippen LogP contribution in [0.15, 0.2) is 67.0 Å². The Morgan fingerprint density at radius 3 is 2.57 bits per heavy atom. The summed E-state index contributed by atoms with van der Waals surface area (Å²) in [6.07, 6.45) is 3.54. The fraction of sp³-hybridized carbons (Fsp3) is 0.158. The van der Waals surface area contributed by atoms with Crippen LogP contribution in [0.1, 0.15) is 18.5 Å². The molecule has 0 saturated heterocycles. The van der Waals surface area contributed by atoms with Crippen molar-refractivity contribution in [3.05, 3.63) is 72.6 Å². The lowest BCUT2D eigenvalue weighted by Crippen LogP contribution is -2.09. The highest BCUT2D eigenvalue weighted by atomic mass is 15.0. The van der Waals surface area contributed by atoms with Gasteiger partial charge in [0.05, 0.1) is 24.1 Å². The van der Waals surface area contributed by atoms with E-state index >= 15 is 0 Å². The molecule has 2 aromatic carbocycles. The van der Waals surface area contributed by atoms with Crippen LogP contribution < -0.4 is 10.6 Å². The van der Waals surface area contributed by atoms with Gasteiger partial charge >= 0.3 is 0 Å². The Kier molecular flexibility index (Phi) is 4.52. The zero-order valence-electron chi connectivity index (χ0n) is 13.3. The number of anilines is 2. The standard InChI is InChI=1S/C19H20N4/c1-14(16-9-6-10-17(11-16)20-2)22-19-13-21-12-18(23-19)15-7-4-3-5-8-15/h3-14,20H,1-2H3,(H,22,23). The minimum atomic E-state index is 0.142. The lowest BCUT2D eigenvalue weighted by molar-refractivity contribution is 0.872. The summed E-state index contributed by atoms with van der Waals surface area (Å²) >= 11 is 0. The van der Waals surface area contributed by atoms with Gasteiger partial charge in [0.15, 0.2) is 0 Å². The number of hydrogen-bond donors (Lipinski definition) is 2. The molecule has 0 aliphatic carbocycles. The van der Waals surface area contributed by atoms with Crippen LogP contribution in [0.2, 0.25) is 0 Å². The van der Waals surface area contributed by atoms with Crippen LogP contribution in [0.5, 0.6) is 0 Å². The Labute approximate surface area is 136 Å². The van der Waals surface area contributed by atoms with E-state index in [0.717, 1.165) is 22.8 Å². The molecule has 1 aromatic heterocycles. The highest BCUT2D eigenvalue weighted by Gasteiger charge is 2.08. The molecule has 4 heteroatoms. The molecule has 3 aromatic rings. The summed E-state index contributed by atoms with van der Waals surface area (Å²) in [5.74, 6) is 0.772. The van der Waals surface area contributed by atoms with E-state index < -0.39 is 0 Å². The van der Waals surface area contributed by atoms with E-state index in [9.17, 15) is 0 Å². The van der Waals surface area contributed by atoms with Crippen molar-refractivity contribution in [2.24, 2.45) is 0 Å². The normalized spacial score (nSPS) is 11.7. The first-order valence-corrected chi connectivity index (χ1v) is 7.68. The van der Waals surface area contributed by atoms with Gasteiger partial charge in [-0.1, -0.05) is 42.5 Å². The summed E-state index contributed by atoms with van der Waals surface area (Å²) < 4.78 is 0. The molecule has 1 atom stereocenters. The number of benzene rings is 2. The van der Waals surface area contributed by atoms with Gasteiger partial charge in [-0.05, 0) is 24.6 Å². The zero-order chi connectivity index (χ0) is 16.1. The zero-order valence-corrected chi connectivity index (χ0v) is 13.3. The van der Waals surface area contributed by atoms with Crippen molar-refractivity contribution in [3.8, 4) is 11.3 Å². The summed E-state index contributed by atoms with van der Waals surface area (Å²) in [5.41, 5.74) is 4.23. The molecule has 0 aliphatic rings. The summed E-state index contributed by atoms with van der Waals surface area (Å²) in [6.45, 7) is 2.12. The van der Waals surface area contributed by atoms with Crippen molar-refractivity contribution in [1.82, 2.24) is 9.97 Å². The predicted molar refractivity (Wildman–Crippen MR) is 95.5 cm³/mol. The van der Waals surface area contributed by atoms with Crippen LogP contribution in [0.4, 0.5) is 11.5 Å². The molecule has 0 spiro atoms. The monoisotopic (exact) mass is 304 g/mol. The Morgan fingerprint density at radius 1 is 0.957 bits per heavy atom. The Bertz CT molecular complexity index is 771. The third kappa shape index (κ3) is 3.66. The first-order valence-electron chi connectivity index (χ1n) is 7.68. The molecule has 1 unspecified atom stereocenters. The second-order valence-corrected chi connectivity index (χ2v) is 5.40. The molecular weight excluding hydrogens is 284 g/mol. The highest BCUT2D eigenvalue weighted by molar-refractivity contribution is 5.59. The van der Waals surface area contributed by atoms with Crippen molar-refractivity contribution in [2.45, 2.75) is 13.0 Å². The predicted octanol–water partition coefficient (Wildman–Crippen LogP) is 4.36. The van der Waals surface area contributed by atoms with E-state index in [2.05, 4.69) is 39.7 Å². The summed E-state index contributed by atoms with van der Waals surface area (Å²) in [5, 5.41) is 6.58. The molecule has 3 rings (SSSR count). The van der Waals surface area contributed by atoms with Gasteiger partial charge in [0.1, 0.15) is 5.82 Å². The molecule has 4 nitrogen and oxygen atoms in total. The van der Waals surface area contributed by atoms with E-state index in [4.69, 9.17) is 0 Å². The fourth-order valence-corrected chi connectivity index (χ4v) is 2.45. The van der Waals surface area contributed by atoms with Gasteiger partial charge in [-0.15, -0.1) is 0 Å². The smallest absolute Gasteiger partial charge is 0.145 e. The Morgan fingerprint density at radius 2 is 1.78 bits per heavy atom. The van der Waals surface area contributed by atoms with Crippen molar-refractivity contribution in [3.63, 3.8) is 0 Å². The van der Waals surface area contributed by atoms with Gasteiger partial charge in [0.25, 0.3) is 0 Å². The van der Waals surface area contributed by atoms with Gasteiger partial charge in [-0.2, -0.15) is 0 Å². The Hall–Kier alpha value is -2.88. The second-order valence-electron chi connectivity index (χ2n) is 5.40. The van der Waals surface area contributed by atoms with Gasteiger partial charge in [-0.25, -0.2) is 4.98 Å². The van der Waals surface area contributed by atoms with Crippen LogP contribution in [0, 0.1) is 0 Å². The van der Waals surface area contributed by atoms with Crippen LogP contribution in [0.25, 0.3) is 11.3 Å². The number of hydrogen-bond acceptors (Lipinski definition) is 4. The lowest BCUT2D eigenvalue weighted by atomic mass is 10.1. The molecule has 0 bridgehead atoms. The maximum Gasteiger partial charge on any atom is 0.145 e. The third-order valence-corrected chi connectivity index (χ3v) is 3.74. The van der Waals surface area contributed by atoms with E-state index in [1.165, 1.54) is 5.56 Å². The van der Waals surface area contributed by atoms with Crippen molar-refractivity contribution < 1.29 is 0 Å². The molecule has 0 radical (unpaired) electrons. The van der Waals surface area contributed by atoms with Crippen LogP contribution in [0.3, 0.4) is 0 Å². The highest BCUT2D eigenvalue weighted by Crippen LogP contribution is 2.22. The molecule has 116 valence electrons. The molecule has 0 aliphatic heterocycles. The topological polar surface area (TPSA) is 49.8 Å². The maximum absolute atomic E-state index is 4.66. The van der Waals surface area contributed by atoms with Crippen LogP contribution in [-0.4, -0.2) is 17.0 Å². The molecule has 0 amide bonds. The fourth-order valence-electron chi connectivity index (χ4n) is 2.45. The van der Waals surface area contributed by atoms with Crippen molar-refractivity contribution in [2.75, 3.05) is 17.7 Å². The van der Waals surface area contributed by atoms with E-state index in [1.54, 1.807) is 12.4 Å². The molecular formula is C19H20N4. The SMILES string of the molecule is CNc1cccc(C(C)Nc2cncc(-c3ccccc3)n2)c1. The second kappa shape index (κ2) is 6.92. The van der Waals surface area contributed by atoms with Gasteiger partial charge in [0, 0.05) is 18.3 Å². The number of nitrogens with zero attached hydrogens (tertiary/aromatic N) is 2. The quantitative estimate of drug-likeness (QED) is 0.735. The van der Waals surface area contributed by atoms with Gasteiger partial charge in [0.2, 0.25) is 0 Å². The van der Waals surface area contributed by atoms with Crippen molar-refractivity contribution >= 4 is 11.5 Å². The first kappa shape index (κ1) is 15.0. The largest absolute Gasteiger partial charge is 0.388 e. The van der Waals surface area contributed by atoms with Crippen LogP contribution >= 0.6 is 0 Å². The third-order valence-electron chi connectivity index (χ3n) is 3.74. The van der Waals surface area contributed by atoms with Crippen LogP contribution in [-0.2, 0) is 0 Å². The average Bonchev–Trinajstić information content (AvgIpc) is 2.63. The van der Waals surface area contributed by atoms with Gasteiger partial charge in [-0.3, -0.25) is 4.98 Å². The lowest BCUT2D eigenvalue weighted by Gasteiger charge is -2.16. The average molecular weight is 304 g/mol. The molecule has 2 N–H and O–H groups in total. The summed E-state index contributed by atoms with van der Waals surface area (Å²) in [4.78, 5) is 8.97. The minimum absolute atomic E-state index is 0.142. The maximum atomic E-state index is 4.66. The van der Waals surface area contributed by atoms with E-state index in [-0.39, 0.29) is 6.04 Å². The van der Waals surface area contributed by atoms with Gasteiger partial charge < -0.3 is 10.6 Å². The van der Waals surface area contributed by atoms with E-state index in [1.807, 2.05) is 49.5 Å². The first-order chi connectivity index (χ1) is 11.3. The minimum Gasteiger partial charge on any atom is -0.388 e.